The number of aromatic nitrogens is 1. The normalized spacial score (nSPS) is 9.64. The van der Waals surface area contributed by atoms with Crippen molar-refractivity contribution in [2.75, 3.05) is 13.7 Å². The van der Waals surface area contributed by atoms with Crippen LogP contribution in [0.25, 0.3) is 0 Å². The minimum absolute atomic E-state index is 0.0987. The molecule has 0 aliphatic carbocycles. The monoisotopic (exact) mass is 295 g/mol. The van der Waals surface area contributed by atoms with Crippen LogP contribution in [-0.2, 0) is 0 Å². The molecule has 2 rings (SSSR count). The van der Waals surface area contributed by atoms with Crippen molar-refractivity contribution in [2.45, 2.75) is 0 Å². The summed E-state index contributed by atoms with van der Waals surface area (Å²) in [5.74, 6) is -0.0792. The Labute approximate surface area is 127 Å². The van der Waals surface area contributed by atoms with Gasteiger partial charge in [-0.2, -0.15) is 5.26 Å². The third-order valence-corrected chi connectivity index (χ3v) is 2.92. The summed E-state index contributed by atoms with van der Waals surface area (Å²) in [7, 11) is 1.54. The third-order valence-electron chi connectivity index (χ3n) is 2.92. The van der Waals surface area contributed by atoms with E-state index in [-0.39, 0.29) is 23.7 Å². The standard InChI is InChI=1S/C16H13N3O3/c1-22-13-7-5-11(6-8-13)15(20)10-18-16(21)14-4-2-3-12(9-17)19-14/h2-8H,10H2,1H3,(H,18,21). The molecule has 110 valence electrons. The number of carbonyl (C=O) groups excluding carboxylic acids is 2. The zero-order valence-electron chi connectivity index (χ0n) is 11.9. The Bertz CT molecular complexity index is 733. The molecule has 6 nitrogen and oxygen atoms in total. The van der Waals surface area contributed by atoms with Crippen LogP contribution in [0.5, 0.6) is 5.75 Å². The van der Waals surface area contributed by atoms with Crippen LogP contribution >= 0.6 is 0 Å². The molecule has 0 radical (unpaired) electrons. The number of Topliss-reactive ketones (excluding diaryl/α,β-unsaturated/α-hetero) is 1. The summed E-state index contributed by atoms with van der Waals surface area (Å²) >= 11 is 0. The highest BCUT2D eigenvalue weighted by molar-refractivity contribution is 6.01. The number of methoxy groups -OCH3 is 1. The summed E-state index contributed by atoms with van der Waals surface area (Å²) in [5, 5.41) is 11.2. The van der Waals surface area contributed by atoms with E-state index in [9.17, 15) is 9.59 Å². The first-order valence-corrected chi connectivity index (χ1v) is 6.46. The minimum Gasteiger partial charge on any atom is -0.497 e. The molecular formula is C16H13N3O3. The van der Waals surface area contributed by atoms with Gasteiger partial charge in [0.2, 0.25) is 0 Å². The van der Waals surface area contributed by atoms with E-state index in [0.717, 1.165) is 0 Å². The lowest BCUT2D eigenvalue weighted by Crippen LogP contribution is -2.30. The number of carbonyl (C=O) groups is 2. The van der Waals surface area contributed by atoms with Gasteiger partial charge in [0.1, 0.15) is 23.2 Å². The molecule has 0 unspecified atom stereocenters. The van der Waals surface area contributed by atoms with Gasteiger partial charge in [0.25, 0.3) is 5.91 Å². The van der Waals surface area contributed by atoms with E-state index in [1.54, 1.807) is 37.4 Å². The highest BCUT2D eigenvalue weighted by Gasteiger charge is 2.11. The predicted molar refractivity (Wildman–Crippen MR) is 78.6 cm³/mol. The van der Waals surface area contributed by atoms with Crippen LogP contribution in [0.4, 0.5) is 0 Å². The molecule has 0 atom stereocenters. The topological polar surface area (TPSA) is 92.1 Å². The molecule has 1 aromatic heterocycles. The minimum atomic E-state index is -0.501. The number of benzene rings is 1. The van der Waals surface area contributed by atoms with Crippen LogP contribution < -0.4 is 10.1 Å². The zero-order chi connectivity index (χ0) is 15.9. The quantitative estimate of drug-likeness (QED) is 0.845. The maximum atomic E-state index is 12.0. The molecule has 0 bridgehead atoms. The Morgan fingerprint density at radius 3 is 2.59 bits per heavy atom. The molecule has 1 amide bonds. The Balaban J connectivity index is 1.97. The summed E-state index contributed by atoms with van der Waals surface area (Å²) in [6, 6.07) is 13.0. The van der Waals surface area contributed by atoms with Gasteiger partial charge in [0.15, 0.2) is 5.78 Å². The molecule has 0 saturated carbocycles. The van der Waals surface area contributed by atoms with Gasteiger partial charge in [0.05, 0.1) is 13.7 Å². The number of nitrogens with zero attached hydrogens (tertiary/aromatic N) is 2. The maximum absolute atomic E-state index is 12.0. The average molecular weight is 295 g/mol. The number of rotatable bonds is 5. The number of hydrogen-bond acceptors (Lipinski definition) is 5. The summed E-state index contributed by atoms with van der Waals surface area (Å²) in [6.45, 7) is -0.149. The molecule has 2 aromatic rings. The first-order valence-electron chi connectivity index (χ1n) is 6.46. The van der Waals surface area contributed by atoms with Gasteiger partial charge in [0, 0.05) is 5.56 Å². The SMILES string of the molecule is COc1ccc(C(=O)CNC(=O)c2cccc(C#N)n2)cc1. The fourth-order valence-electron chi connectivity index (χ4n) is 1.75. The molecule has 0 fully saturated rings. The predicted octanol–water partition coefficient (Wildman–Crippen LogP) is 1.57. The first kappa shape index (κ1) is 15.2. The van der Waals surface area contributed by atoms with E-state index in [1.165, 1.54) is 12.1 Å². The number of amides is 1. The fraction of sp³-hybridized carbons (Fsp3) is 0.125. The molecule has 0 spiro atoms. The van der Waals surface area contributed by atoms with Crippen molar-refractivity contribution in [3.05, 3.63) is 59.4 Å². The first-order chi connectivity index (χ1) is 10.6. The molecule has 22 heavy (non-hydrogen) atoms. The van der Waals surface area contributed by atoms with Crippen molar-refractivity contribution in [1.29, 1.82) is 5.26 Å². The third kappa shape index (κ3) is 3.67. The van der Waals surface area contributed by atoms with Gasteiger partial charge in [-0.25, -0.2) is 4.98 Å². The van der Waals surface area contributed by atoms with E-state index in [0.29, 0.717) is 11.3 Å². The highest BCUT2D eigenvalue weighted by atomic mass is 16.5. The zero-order valence-corrected chi connectivity index (χ0v) is 11.9. The number of hydrogen-bond donors (Lipinski definition) is 1. The molecular weight excluding hydrogens is 282 g/mol. The van der Waals surface area contributed by atoms with Crippen molar-refractivity contribution in [1.82, 2.24) is 10.3 Å². The lowest BCUT2D eigenvalue weighted by Gasteiger charge is -2.05. The Hall–Kier alpha value is -3.20. The molecule has 0 saturated heterocycles. The van der Waals surface area contributed by atoms with Gasteiger partial charge in [-0.3, -0.25) is 9.59 Å². The second-order valence-corrected chi connectivity index (χ2v) is 4.35. The van der Waals surface area contributed by atoms with Gasteiger partial charge >= 0.3 is 0 Å². The van der Waals surface area contributed by atoms with E-state index in [4.69, 9.17) is 10.00 Å². The van der Waals surface area contributed by atoms with Crippen LogP contribution in [0.15, 0.2) is 42.5 Å². The Morgan fingerprint density at radius 1 is 1.23 bits per heavy atom. The molecule has 6 heteroatoms. The van der Waals surface area contributed by atoms with Crippen molar-refractivity contribution in [2.24, 2.45) is 0 Å². The van der Waals surface area contributed by atoms with Crippen LogP contribution in [0.2, 0.25) is 0 Å². The van der Waals surface area contributed by atoms with Gasteiger partial charge in [-0.1, -0.05) is 6.07 Å². The molecule has 1 N–H and O–H groups in total. The number of nitriles is 1. The Morgan fingerprint density at radius 2 is 1.95 bits per heavy atom. The van der Waals surface area contributed by atoms with Gasteiger partial charge in [-0.15, -0.1) is 0 Å². The number of ketones is 1. The van der Waals surface area contributed by atoms with Crippen molar-refractivity contribution < 1.29 is 14.3 Å². The lowest BCUT2D eigenvalue weighted by molar-refractivity contribution is 0.0901. The summed E-state index contributed by atoms with van der Waals surface area (Å²) in [4.78, 5) is 27.7. The number of ether oxygens (including phenoxy) is 1. The summed E-state index contributed by atoms with van der Waals surface area (Å²) < 4.78 is 5.01. The van der Waals surface area contributed by atoms with Crippen LogP contribution in [0.1, 0.15) is 26.5 Å². The largest absolute Gasteiger partial charge is 0.497 e. The number of nitrogens with one attached hydrogen (secondary N) is 1. The number of pyridine rings is 1. The Kier molecular flexibility index (Phi) is 4.83. The maximum Gasteiger partial charge on any atom is 0.270 e. The summed E-state index contributed by atoms with van der Waals surface area (Å²) in [6.07, 6.45) is 0. The van der Waals surface area contributed by atoms with Crippen LogP contribution in [0, 0.1) is 11.3 Å². The van der Waals surface area contributed by atoms with Crippen molar-refractivity contribution in [3.63, 3.8) is 0 Å². The van der Waals surface area contributed by atoms with E-state index >= 15 is 0 Å². The van der Waals surface area contributed by atoms with Crippen LogP contribution in [-0.4, -0.2) is 30.3 Å². The second kappa shape index (κ2) is 6.99. The molecule has 0 aliphatic rings. The molecule has 0 aliphatic heterocycles. The van der Waals surface area contributed by atoms with Crippen molar-refractivity contribution in [3.8, 4) is 11.8 Å². The van der Waals surface area contributed by atoms with E-state index in [2.05, 4.69) is 10.3 Å². The smallest absolute Gasteiger partial charge is 0.270 e. The van der Waals surface area contributed by atoms with E-state index < -0.39 is 5.91 Å². The van der Waals surface area contributed by atoms with Crippen LogP contribution in [0.3, 0.4) is 0 Å². The van der Waals surface area contributed by atoms with Crippen molar-refractivity contribution >= 4 is 11.7 Å². The second-order valence-electron chi connectivity index (χ2n) is 4.35. The lowest BCUT2D eigenvalue weighted by atomic mass is 10.1. The fourth-order valence-corrected chi connectivity index (χ4v) is 1.75. The molecule has 1 heterocycles. The average Bonchev–Trinajstić information content (AvgIpc) is 2.59. The van der Waals surface area contributed by atoms with E-state index in [1.807, 2.05) is 6.07 Å². The van der Waals surface area contributed by atoms with Gasteiger partial charge < -0.3 is 10.1 Å². The van der Waals surface area contributed by atoms with Gasteiger partial charge in [-0.05, 0) is 36.4 Å². The highest BCUT2D eigenvalue weighted by Crippen LogP contribution is 2.11. The summed E-state index contributed by atoms with van der Waals surface area (Å²) in [5.41, 5.74) is 0.718. The molecule has 1 aromatic carbocycles.